The Morgan fingerprint density at radius 3 is 2.64 bits per heavy atom. The lowest BCUT2D eigenvalue weighted by molar-refractivity contribution is -0.136. The number of carbonyl (C=O) groups is 1. The first-order valence-corrected chi connectivity index (χ1v) is 8.54. The standard InChI is InChI=1S/C15H9Cl3N4O2S/c1-24-15(23)12(21-22-19)6-8-2-5-13(20-14(8)18)25-9-3-4-10(16)11(17)7-9/h2-7H,1H3/b12-6-. The van der Waals surface area contributed by atoms with Crippen LogP contribution in [0.3, 0.4) is 0 Å². The number of ether oxygens (including phenoxy) is 1. The van der Waals surface area contributed by atoms with E-state index in [1.54, 1.807) is 30.3 Å². The van der Waals surface area contributed by atoms with E-state index in [4.69, 9.17) is 40.3 Å². The average Bonchev–Trinajstić information content (AvgIpc) is 2.59. The van der Waals surface area contributed by atoms with Crippen LogP contribution >= 0.6 is 46.6 Å². The molecular weight excluding hydrogens is 407 g/mol. The second-order valence-corrected chi connectivity index (χ2v) is 6.68. The summed E-state index contributed by atoms with van der Waals surface area (Å²) >= 11 is 19.4. The molecule has 25 heavy (non-hydrogen) atoms. The van der Waals surface area contributed by atoms with E-state index in [9.17, 15) is 4.79 Å². The molecule has 0 aliphatic heterocycles. The molecule has 0 unspecified atom stereocenters. The molecule has 0 spiro atoms. The molecule has 1 aromatic carbocycles. The number of pyridine rings is 1. The molecule has 0 saturated heterocycles. The van der Waals surface area contributed by atoms with E-state index in [-0.39, 0.29) is 10.9 Å². The molecule has 0 atom stereocenters. The smallest absolute Gasteiger partial charge is 0.340 e. The predicted molar refractivity (Wildman–Crippen MR) is 99.0 cm³/mol. The van der Waals surface area contributed by atoms with Crippen LogP contribution < -0.4 is 0 Å². The average molecular weight is 416 g/mol. The van der Waals surface area contributed by atoms with Crippen LogP contribution in [0.5, 0.6) is 0 Å². The van der Waals surface area contributed by atoms with Gasteiger partial charge in [0.25, 0.3) is 0 Å². The molecular formula is C15H9Cl3N4O2S. The van der Waals surface area contributed by atoms with Crippen molar-refractivity contribution in [3.63, 3.8) is 0 Å². The summed E-state index contributed by atoms with van der Waals surface area (Å²) in [7, 11) is 1.18. The molecule has 128 valence electrons. The van der Waals surface area contributed by atoms with E-state index in [0.29, 0.717) is 20.6 Å². The maximum atomic E-state index is 11.5. The van der Waals surface area contributed by atoms with Gasteiger partial charge in [0, 0.05) is 15.4 Å². The molecule has 0 aliphatic carbocycles. The third kappa shape index (κ3) is 5.29. The minimum atomic E-state index is -0.775. The van der Waals surface area contributed by atoms with Gasteiger partial charge in [-0.15, -0.1) is 0 Å². The van der Waals surface area contributed by atoms with Crippen molar-refractivity contribution >= 4 is 58.6 Å². The third-order valence-corrected chi connectivity index (χ3v) is 4.77. The molecule has 1 heterocycles. The van der Waals surface area contributed by atoms with Crippen LogP contribution in [0.15, 0.2) is 51.1 Å². The number of benzene rings is 1. The van der Waals surface area contributed by atoms with E-state index in [0.717, 1.165) is 4.90 Å². The van der Waals surface area contributed by atoms with Gasteiger partial charge in [0.05, 0.1) is 17.2 Å². The minimum Gasteiger partial charge on any atom is -0.466 e. The number of nitrogens with zero attached hydrogens (tertiary/aromatic N) is 4. The van der Waals surface area contributed by atoms with Crippen molar-refractivity contribution in [2.24, 2.45) is 5.11 Å². The van der Waals surface area contributed by atoms with Gasteiger partial charge in [0.1, 0.15) is 15.9 Å². The minimum absolute atomic E-state index is 0.139. The third-order valence-electron chi connectivity index (χ3n) is 2.80. The van der Waals surface area contributed by atoms with Gasteiger partial charge in [-0.05, 0) is 41.9 Å². The molecule has 0 aliphatic rings. The normalized spacial score (nSPS) is 11.0. The Morgan fingerprint density at radius 1 is 1.28 bits per heavy atom. The first-order valence-electron chi connectivity index (χ1n) is 6.59. The number of hydrogen-bond acceptors (Lipinski definition) is 5. The van der Waals surface area contributed by atoms with Crippen LogP contribution in [0.2, 0.25) is 15.2 Å². The van der Waals surface area contributed by atoms with Crippen LogP contribution in [0.1, 0.15) is 5.56 Å². The fourth-order valence-electron chi connectivity index (χ4n) is 1.68. The number of hydrogen-bond donors (Lipinski definition) is 0. The molecule has 0 N–H and O–H groups in total. The van der Waals surface area contributed by atoms with Crippen molar-refractivity contribution in [3.05, 3.63) is 67.2 Å². The Labute approximate surface area is 162 Å². The SMILES string of the molecule is COC(=O)/C(=C/c1ccc(Sc2ccc(Cl)c(Cl)c2)nc1Cl)N=[N+]=[N-]. The summed E-state index contributed by atoms with van der Waals surface area (Å²) in [5, 5.41) is 4.94. The van der Waals surface area contributed by atoms with Gasteiger partial charge >= 0.3 is 5.97 Å². The predicted octanol–water partition coefficient (Wildman–Crippen LogP) is 6.02. The summed E-state index contributed by atoms with van der Waals surface area (Å²) in [6.45, 7) is 0. The van der Waals surface area contributed by atoms with Gasteiger partial charge < -0.3 is 4.74 Å². The van der Waals surface area contributed by atoms with Crippen molar-refractivity contribution < 1.29 is 9.53 Å². The molecule has 6 nitrogen and oxygen atoms in total. The van der Waals surface area contributed by atoms with Crippen molar-refractivity contribution in [2.75, 3.05) is 7.11 Å². The van der Waals surface area contributed by atoms with Gasteiger partial charge in [-0.2, -0.15) is 0 Å². The van der Waals surface area contributed by atoms with Gasteiger partial charge in [-0.3, -0.25) is 0 Å². The lowest BCUT2D eigenvalue weighted by Crippen LogP contribution is -2.02. The van der Waals surface area contributed by atoms with Gasteiger partial charge in [0.2, 0.25) is 0 Å². The zero-order valence-electron chi connectivity index (χ0n) is 12.6. The van der Waals surface area contributed by atoms with E-state index >= 15 is 0 Å². The zero-order chi connectivity index (χ0) is 18.4. The second-order valence-electron chi connectivity index (χ2n) is 4.42. The quantitative estimate of drug-likeness (QED) is 0.149. The highest BCUT2D eigenvalue weighted by Gasteiger charge is 2.10. The molecule has 2 rings (SSSR count). The lowest BCUT2D eigenvalue weighted by Gasteiger charge is -2.05. The number of halogens is 3. The molecule has 0 bridgehead atoms. The van der Waals surface area contributed by atoms with Crippen LogP contribution in [-0.2, 0) is 9.53 Å². The van der Waals surface area contributed by atoms with E-state index in [1.165, 1.54) is 24.9 Å². The molecule has 1 aromatic heterocycles. The highest BCUT2D eigenvalue weighted by molar-refractivity contribution is 7.99. The molecule has 0 fully saturated rings. The number of rotatable bonds is 5. The number of methoxy groups -OCH3 is 1. The molecule has 10 heteroatoms. The maximum Gasteiger partial charge on any atom is 0.340 e. The summed E-state index contributed by atoms with van der Waals surface area (Å²) in [5.74, 6) is -0.775. The summed E-state index contributed by atoms with van der Waals surface area (Å²) in [6.07, 6.45) is 1.30. The monoisotopic (exact) mass is 414 g/mol. The van der Waals surface area contributed by atoms with Gasteiger partial charge in [-0.25, -0.2) is 9.78 Å². The lowest BCUT2D eigenvalue weighted by atomic mass is 10.2. The fraction of sp³-hybridized carbons (Fsp3) is 0.0667. The summed E-state index contributed by atoms with van der Waals surface area (Å²) < 4.78 is 4.54. The Hall–Kier alpha value is -1.89. The number of carbonyl (C=O) groups excluding carboxylic acids is 1. The number of azide groups is 1. The van der Waals surface area contributed by atoms with Crippen LogP contribution in [0, 0.1) is 0 Å². The summed E-state index contributed by atoms with van der Waals surface area (Å²) in [5.41, 5.74) is 8.70. The Morgan fingerprint density at radius 2 is 2.04 bits per heavy atom. The van der Waals surface area contributed by atoms with Crippen LogP contribution in [0.4, 0.5) is 0 Å². The van der Waals surface area contributed by atoms with Gasteiger partial charge in [0.15, 0.2) is 0 Å². The van der Waals surface area contributed by atoms with E-state index in [1.807, 2.05) is 0 Å². The van der Waals surface area contributed by atoms with Gasteiger partial charge in [-0.1, -0.05) is 51.7 Å². The molecule has 0 radical (unpaired) electrons. The largest absolute Gasteiger partial charge is 0.466 e. The molecule has 2 aromatic rings. The topological polar surface area (TPSA) is 88.0 Å². The maximum absolute atomic E-state index is 11.5. The van der Waals surface area contributed by atoms with Crippen LogP contribution in [0.25, 0.3) is 16.5 Å². The van der Waals surface area contributed by atoms with Crippen LogP contribution in [-0.4, -0.2) is 18.1 Å². The Bertz CT molecular complexity index is 898. The van der Waals surface area contributed by atoms with Crippen molar-refractivity contribution in [1.82, 2.24) is 4.98 Å². The number of aromatic nitrogens is 1. The van der Waals surface area contributed by atoms with E-state index < -0.39 is 5.97 Å². The first kappa shape index (κ1) is 19.4. The highest BCUT2D eigenvalue weighted by Crippen LogP contribution is 2.33. The Kier molecular flexibility index (Phi) is 6.99. The van der Waals surface area contributed by atoms with Crippen molar-refractivity contribution in [3.8, 4) is 0 Å². The van der Waals surface area contributed by atoms with Crippen molar-refractivity contribution in [1.29, 1.82) is 0 Å². The zero-order valence-corrected chi connectivity index (χ0v) is 15.7. The summed E-state index contributed by atoms with van der Waals surface area (Å²) in [4.78, 5) is 19.2. The summed E-state index contributed by atoms with van der Waals surface area (Å²) in [6, 6.07) is 8.56. The molecule has 0 saturated carbocycles. The van der Waals surface area contributed by atoms with E-state index in [2.05, 4.69) is 19.7 Å². The molecule has 0 amide bonds. The van der Waals surface area contributed by atoms with Crippen molar-refractivity contribution in [2.45, 2.75) is 9.92 Å². The second kappa shape index (κ2) is 8.99. The first-order chi connectivity index (χ1) is 11.9. The fourth-order valence-corrected chi connectivity index (χ4v) is 3.13. The highest BCUT2D eigenvalue weighted by atomic mass is 35.5. The number of esters is 1. The Balaban J connectivity index is 2.29.